The number of thiocarbonyl (C=S) groups is 1. The summed E-state index contributed by atoms with van der Waals surface area (Å²) in [5.41, 5.74) is 0.322. The predicted molar refractivity (Wildman–Crippen MR) is 77.4 cm³/mol. The number of nitrogens with zero attached hydrogens (tertiary/aromatic N) is 2. The van der Waals surface area contributed by atoms with E-state index in [-0.39, 0.29) is 0 Å². The average molecular weight is 254 g/mol. The minimum Gasteiger partial charge on any atom is -0.363 e. The molecule has 2 saturated heterocycles. The van der Waals surface area contributed by atoms with Gasteiger partial charge in [-0.25, -0.2) is 0 Å². The first kappa shape index (κ1) is 13.3. The zero-order valence-electron chi connectivity index (χ0n) is 11.7. The molecule has 0 aliphatic carbocycles. The minimum atomic E-state index is 0.322. The molecule has 0 saturated carbocycles. The third kappa shape index (κ3) is 2.37. The van der Waals surface area contributed by atoms with Crippen LogP contribution < -0.4 is 0 Å². The molecule has 0 amide bonds. The second-order valence-corrected chi connectivity index (χ2v) is 6.68. The summed E-state index contributed by atoms with van der Waals surface area (Å²) in [6.45, 7) is 12.7. The van der Waals surface area contributed by atoms with E-state index in [9.17, 15) is 0 Å². The fourth-order valence-corrected chi connectivity index (χ4v) is 3.89. The van der Waals surface area contributed by atoms with E-state index in [1.807, 2.05) is 0 Å². The van der Waals surface area contributed by atoms with Crippen LogP contribution in [-0.4, -0.2) is 46.5 Å². The largest absolute Gasteiger partial charge is 0.363 e. The predicted octanol–water partition coefficient (Wildman–Crippen LogP) is 2.92. The summed E-state index contributed by atoms with van der Waals surface area (Å²) >= 11 is 5.81. The molecule has 2 aliphatic heterocycles. The molecular formula is C14H26N2S. The lowest BCUT2D eigenvalue weighted by Crippen LogP contribution is -2.51. The second kappa shape index (κ2) is 4.85. The molecule has 2 fully saturated rings. The zero-order valence-corrected chi connectivity index (χ0v) is 12.5. The summed E-state index contributed by atoms with van der Waals surface area (Å²) in [6.07, 6.45) is 3.88. The molecule has 2 heterocycles. The lowest BCUT2D eigenvalue weighted by Gasteiger charge is -2.44. The van der Waals surface area contributed by atoms with Crippen LogP contribution in [0.3, 0.4) is 0 Å². The van der Waals surface area contributed by atoms with E-state index in [0.29, 0.717) is 17.5 Å². The first-order chi connectivity index (χ1) is 7.96. The third-order valence-electron chi connectivity index (χ3n) is 4.51. The highest BCUT2D eigenvalue weighted by molar-refractivity contribution is 7.80. The maximum Gasteiger partial charge on any atom is 0.0857 e. The van der Waals surface area contributed by atoms with Crippen LogP contribution >= 0.6 is 12.2 Å². The number of likely N-dealkylation sites (tertiary alicyclic amines) is 2. The fourth-order valence-electron chi connectivity index (χ4n) is 3.32. The molecule has 3 heteroatoms. The maximum atomic E-state index is 5.81. The van der Waals surface area contributed by atoms with Crippen molar-refractivity contribution in [3.05, 3.63) is 0 Å². The molecule has 0 aromatic rings. The van der Waals surface area contributed by atoms with Gasteiger partial charge in [0.1, 0.15) is 0 Å². The van der Waals surface area contributed by atoms with E-state index in [1.165, 1.54) is 43.9 Å². The quantitative estimate of drug-likeness (QED) is 0.700. The average Bonchev–Trinajstić information content (AvgIpc) is 2.67. The Balaban J connectivity index is 2.13. The molecule has 2 rings (SSSR count). The van der Waals surface area contributed by atoms with E-state index in [0.717, 1.165) is 0 Å². The van der Waals surface area contributed by atoms with Gasteiger partial charge in [0, 0.05) is 30.6 Å². The molecule has 1 unspecified atom stereocenters. The van der Waals surface area contributed by atoms with Crippen molar-refractivity contribution in [3.8, 4) is 0 Å². The molecule has 2 aliphatic rings. The third-order valence-corrected chi connectivity index (χ3v) is 5.17. The van der Waals surface area contributed by atoms with Gasteiger partial charge < -0.3 is 4.90 Å². The lowest BCUT2D eigenvalue weighted by atomic mass is 9.78. The Labute approximate surface area is 111 Å². The molecule has 17 heavy (non-hydrogen) atoms. The first-order valence-electron chi connectivity index (χ1n) is 7.01. The molecule has 0 N–H and O–H groups in total. The minimum absolute atomic E-state index is 0.322. The van der Waals surface area contributed by atoms with Gasteiger partial charge in [0.15, 0.2) is 0 Å². The molecule has 2 nitrogen and oxygen atoms in total. The van der Waals surface area contributed by atoms with Gasteiger partial charge in [0.25, 0.3) is 0 Å². The highest BCUT2D eigenvalue weighted by Crippen LogP contribution is 2.41. The zero-order chi connectivity index (χ0) is 12.6. The van der Waals surface area contributed by atoms with E-state index < -0.39 is 0 Å². The summed E-state index contributed by atoms with van der Waals surface area (Å²) in [6, 6.07) is 1.22. The molecule has 0 radical (unpaired) electrons. The highest BCUT2D eigenvalue weighted by atomic mass is 32.1. The topological polar surface area (TPSA) is 6.48 Å². The van der Waals surface area contributed by atoms with Crippen molar-refractivity contribution in [3.63, 3.8) is 0 Å². The van der Waals surface area contributed by atoms with Gasteiger partial charge in [0.05, 0.1) is 4.99 Å². The lowest BCUT2D eigenvalue weighted by molar-refractivity contribution is 0.205. The highest BCUT2D eigenvalue weighted by Gasteiger charge is 2.46. The smallest absolute Gasteiger partial charge is 0.0857 e. The summed E-state index contributed by atoms with van der Waals surface area (Å²) in [7, 11) is 0. The monoisotopic (exact) mass is 254 g/mol. The Morgan fingerprint density at radius 3 is 2.29 bits per heavy atom. The van der Waals surface area contributed by atoms with Crippen molar-refractivity contribution in [2.45, 2.75) is 59.0 Å². The standard InChI is InChI=1S/C14H26N2S/c1-11(2)15-9-7-14(10-15)6-5-8-16(12(3)4)13(14)17/h11-12H,5-10H2,1-4H3. The van der Waals surface area contributed by atoms with Gasteiger partial charge >= 0.3 is 0 Å². The summed E-state index contributed by atoms with van der Waals surface area (Å²) in [4.78, 5) is 6.31. The second-order valence-electron chi connectivity index (χ2n) is 6.29. The summed E-state index contributed by atoms with van der Waals surface area (Å²) in [5.74, 6) is 0. The van der Waals surface area contributed by atoms with Crippen molar-refractivity contribution >= 4 is 17.2 Å². The van der Waals surface area contributed by atoms with E-state index in [4.69, 9.17) is 12.2 Å². The van der Waals surface area contributed by atoms with Crippen molar-refractivity contribution in [1.29, 1.82) is 0 Å². The Bertz CT molecular complexity index is 301. The Morgan fingerprint density at radius 2 is 1.76 bits per heavy atom. The molecular weight excluding hydrogens is 228 g/mol. The van der Waals surface area contributed by atoms with Crippen LogP contribution in [0, 0.1) is 5.41 Å². The van der Waals surface area contributed by atoms with E-state index >= 15 is 0 Å². The number of hydrogen-bond acceptors (Lipinski definition) is 2. The normalized spacial score (nSPS) is 31.2. The van der Waals surface area contributed by atoms with Crippen molar-refractivity contribution in [1.82, 2.24) is 9.80 Å². The fraction of sp³-hybridized carbons (Fsp3) is 0.929. The SMILES string of the molecule is CC(C)N1CCC2(CCCN(C(C)C)C2=S)C1. The molecule has 1 atom stereocenters. The van der Waals surface area contributed by atoms with Crippen molar-refractivity contribution in [2.24, 2.45) is 5.41 Å². The summed E-state index contributed by atoms with van der Waals surface area (Å²) < 4.78 is 0. The van der Waals surface area contributed by atoms with Crippen LogP contribution in [0.15, 0.2) is 0 Å². The van der Waals surface area contributed by atoms with E-state index in [2.05, 4.69) is 37.5 Å². The van der Waals surface area contributed by atoms with Crippen molar-refractivity contribution < 1.29 is 0 Å². The van der Waals surface area contributed by atoms with Gasteiger partial charge in [-0.05, 0) is 53.5 Å². The molecule has 0 aromatic carbocycles. The summed E-state index contributed by atoms with van der Waals surface area (Å²) in [5, 5.41) is 0. The van der Waals surface area contributed by atoms with Gasteiger partial charge in [-0.2, -0.15) is 0 Å². The molecule has 0 aromatic heterocycles. The molecule has 1 spiro atoms. The van der Waals surface area contributed by atoms with Crippen LogP contribution in [0.1, 0.15) is 47.0 Å². The van der Waals surface area contributed by atoms with E-state index in [1.54, 1.807) is 0 Å². The number of piperidine rings is 1. The van der Waals surface area contributed by atoms with Crippen LogP contribution in [0.4, 0.5) is 0 Å². The first-order valence-corrected chi connectivity index (χ1v) is 7.42. The van der Waals surface area contributed by atoms with Gasteiger partial charge in [-0.3, -0.25) is 4.90 Å². The number of rotatable bonds is 2. The van der Waals surface area contributed by atoms with Crippen LogP contribution in [0.25, 0.3) is 0 Å². The van der Waals surface area contributed by atoms with Gasteiger partial charge in [-0.15, -0.1) is 0 Å². The Hall–Kier alpha value is -0.150. The van der Waals surface area contributed by atoms with Crippen LogP contribution in [0.2, 0.25) is 0 Å². The van der Waals surface area contributed by atoms with Crippen molar-refractivity contribution in [2.75, 3.05) is 19.6 Å². The number of hydrogen-bond donors (Lipinski definition) is 0. The van der Waals surface area contributed by atoms with Gasteiger partial charge in [-0.1, -0.05) is 12.2 Å². The molecule has 0 bridgehead atoms. The van der Waals surface area contributed by atoms with Crippen LogP contribution in [0.5, 0.6) is 0 Å². The Morgan fingerprint density at radius 1 is 1.06 bits per heavy atom. The van der Waals surface area contributed by atoms with Crippen LogP contribution in [-0.2, 0) is 0 Å². The maximum absolute atomic E-state index is 5.81. The Kier molecular flexibility index (Phi) is 3.79. The van der Waals surface area contributed by atoms with Gasteiger partial charge in [0.2, 0.25) is 0 Å². The molecule has 98 valence electrons.